The van der Waals surface area contributed by atoms with Gasteiger partial charge >= 0.3 is 5.97 Å². The number of aliphatic carboxylic acids is 1. The van der Waals surface area contributed by atoms with Crippen LogP contribution >= 0.6 is 34.7 Å². The van der Waals surface area contributed by atoms with Gasteiger partial charge in [0.1, 0.15) is 0 Å². The predicted octanol–water partition coefficient (Wildman–Crippen LogP) is 5.75. The van der Waals surface area contributed by atoms with Crippen molar-refractivity contribution in [2.24, 2.45) is 11.8 Å². The first-order valence-corrected chi connectivity index (χ1v) is 12.4. The lowest BCUT2D eigenvalue weighted by molar-refractivity contribution is -0.147. The standard InChI is InChI=1S/C23H21ClN2O4S2/c24-14-7-5-13(6-8-14)19(27)12-31-23-26-18-10-9-15(11-20(18)32-23)25-21(28)16-3-1-2-4-17(16)22(29)30/h5-11,16-17H,1-4,12H2,(H,25,28)(H,29,30)/t16-,17+/m1/s1. The normalized spacial score (nSPS) is 18.4. The van der Waals surface area contributed by atoms with Crippen LogP contribution in [-0.4, -0.2) is 33.5 Å². The number of thioether (sulfide) groups is 1. The maximum Gasteiger partial charge on any atom is 0.307 e. The van der Waals surface area contributed by atoms with Crippen LogP contribution in [0.5, 0.6) is 0 Å². The molecule has 0 saturated heterocycles. The molecule has 3 aromatic rings. The summed E-state index contributed by atoms with van der Waals surface area (Å²) in [7, 11) is 0. The highest BCUT2D eigenvalue weighted by Crippen LogP contribution is 2.34. The summed E-state index contributed by atoms with van der Waals surface area (Å²) in [6.45, 7) is 0. The minimum absolute atomic E-state index is 0.000609. The van der Waals surface area contributed by atoms with Crippen molar-refractivity contribution >= 4 is 68.3 Å². The van der Waals surface area contributed by atoms with Crippen LogP contribution in [0.15, 0.2) is 46.8 Å². The number of carboxylic acid groups (broad SMARTS) is 1. The monoisotopic (exact) mass is 488 g/mol. The summed E-state index contributed by atoms with van der Waals surface area (Å²) >= 11 is 8.69. The Morgan fingerprint density at radius 3 is 2.53 bits per heavy atom. The summed E-state index contributed by atoms with van der Waals surface area (Å²) in [4.78, 5) is 41.1. The van der Waals surface area contributed by atoms with Crippen molar-refractivity contribution in [3.05, 3.63) is 53.1 Å². The number of carboxylic acids is 1. The number of rotatable bonds is 7. The number of anilines is 1. The number of nitrogens with zero attached hydrogens (tertiary/aromatic N) is 1. The van der Waals surface area contributed by atoms with E-state index in [9.17, 15) is 19.5 Å². The molecule has 1 fully saturated rings. The van der Waals surface area contributed by atoms with E-state index >= 15 is 0 Å². The smallest absolute Gasteiger partial charge is 0.307 e. The van der Waals surface area contributed by atoms with Gasteiger partial charge in [-0.25, -0.2) is 4.98 Å². The molecule has 0 spiro atoms. The van der Waals surface area contributed by atoms with Crippen LogP contribution < -0.4 is 5.32 Å². The summed E-state index contributed by atoms with van der Waals surface area (Å²) in [5, 5.41) is 12.9. The highest BCUT2D eigenvalue weighted by molar-refractivity contribution is 8.01. The number of amides is 1. The van der Waals surface area contributed by atoms with Crippen molar-refractivity contribution in [3.63, 3.8) is 0 Å². The van der Waals surface area contributed by atoms with Gasteiger partial charge in [-0.3, -0.25) is 14.4 Å². The Morgan fingerprint density at radius 1 is 1.09 bits per heavy atom. The Kier molecular flexibility index (Phi) is 7.13. The quantitative estimate of drug-likeness (QED) is 0.324. The summed E-state index contributed by atoms with van der Waals surface area (Å²) < 4.78 is 1.66. The van der Waals surface area contributed by atoms with Gasteiger partial charge in [0.25, 0.3) is 0 Å². The first-order valence-electron chi connectivity index (χ1n) is 10.3. The summed E-state index contributed by atoms with van der Waals surface area (Å²) in [5.41, 5.74) is 2.01. The molecule has 2 N–H and O–H groups in total. The third-order valence-corrected chi connectivity index (χ3v) is 7.96. The maximum absolute atomic E-state index is 12.7. The molecule has 4 rings (SSSR count). The number of Topliss-reactive ketones (excluding diaryl/α,β-unsaturated/α-hetero) is 1. The molecule has 1 amide bonds. The summed E-state index contributed by atoms with van der Waals surface area (Å²) in [6, 6.07) is 12.2. The molecule has 0 bridgehead atoms. The van der Waals surface area contributed by atoms with Gasteiger partial charge in [0, 0.05) is 16.3 Å². The van der Waals surface area contributed by atoms with Crippen LogP contribution in [-0.2, 0) is 9.59 Å². The van der Waals surface area contributed by atoms with Crippen LogP contribution in [0.3, 0.4) is 0 Å². The molecule has 1 aliphatic rings. The van der Waals surface area contributed by atoms with E-state index in [4.69, 9.17) is 11.6 Å². The fraction of sp³-hybridized carbons (Fsp3) is 0.304. The van der Waals surface area contributed by atoms with Gasteiger partial charge in [0.2, 0.25) is 5.91 Å². The molecule has 2 atom stereocenters. The van der Waals surface area contributed by atoms with Gasteiger partial charge in [-0.15, -0.1) is 11.3 Å². The molecule has 9 heteroatoms. The van der Waals surface area contributed by atoms with E-state index in [0.717, 1.165) is 27.4 Å². The van der Waals surface area contributed by atoms with Crippen LogP contribution in [0.2, 0.25) is 5.02 Å². The second-order valence-electron chi connectivity index (χ2n) is 7.71. The van der Waals surface area contributed by atoms with Gasteiger partial charge in [-0.05, 0) is 55.3 Å². The van der Waals surface area contributed by atoms with Crippen molar-refractivity contribution in [1.82, 2.24) is 4.98 Å². The molecular weight excluding hydrogens is 468 g/mol. The van der Waals surface area contributed by atoms with Crippen molar-refractivity contribution in [2.45, 2.75) is 30.0 Å². The molecular formula is C23H21ClN2O4S2. The Morgan fingerprint density at radius 2 is 1.81 bits per heavy atom. The number of benzene rings is 2. The topological polar surface area (TPSA) is 96.4 Å². The minimum Gasteiger partial charge on any atom is -0.481 e. The highest BCUT2D eigenvalue weighted by atomic mass is 35.5. The lowest BCUT2D eigenvalue weighted by atomic mass is 9.78. The van der Waals surface area contributed by atoms with Crippen molar-refractivity contribution in [2.75, 3.05) is 11.1 Å². The number of carbonyl (C=O) groups excluding carboxylic acids is 2. The molecule has 32 heavy (non-hydrogen) atoms. The van der Waals surface area contributed by atoms with Crippen LogP contribution in [0.1, 0.15) is 36.0 Å². The number of hydrogen-bond donors (Lipinski definition) is 2. The second-order valence-corrected chi connectivity index (χ2v) is 10.4. The van der Waals surface area contributed by atoms with E-state index in [2.05, 4.69) is 10.3 Å². The number of aromatic nitrogens is 1. The van der Waals surface area contributed by atoms with E-state index in [1.165, 1.54) is 23.1 Å². The van der Waals surface area contributed by atoms with Crippen LogP contribution in [0, 0.1) is 11.8 Å². The minimum atomic E-state index is -0.905. The first-order chi connectivity index (χ1) is 15.4. The van der Waals surface area contributed by atoms with E-state index < -0.39 is 17.8 Å². The van der Waals surface area contributed by atoms with Crippen LogP contribution in [0.25, 0.3) is 10.2 Å². The fourth-order valence-electron chi connectivity index (χ4n) is 3.86. The largest absolute Gasteiger partial charge is 0.481 e. The van der Waals surface area contributed by atoms with Crippen molar-refractivity contribution in [1.29, 1.82) is 0 Å². The van der Waals surface area contributed by atoms with Gasteiger partial charge in [0.15, 0.2) is 10.1 Å². The van der Waals surface area contributed by atoms with E-state index in [1.807, 2.05) is 12.1 Å². The zero-order valence-electron chi connectivity index (χ0n) is 17.0. The van der Waals surface area contributed by atoms with Gasteiger partial charge in [-0.1, -0.05) is 36.2 Å². The molecule has 1 saturated carbocycles. The number of thiazole rings is 1. The Bertz CT molecular complexity index is 1160. The molecule has 0 radical (unpaired) electrons. The average molecular weight is 489 g/mol. The summed E-state index contributed by atoms with van der Waals surface area (Å²) in [5.74, 6) is -2.02. The maximum atomic E-state index is 12.7. The third-order valence-electron chi connectivity index (χ3n) is 5.55. The van der Waals surface area contributed by atoms with E-state index in [-0.39, 0.29) is 17.4 Å². The predicted molar refractivity (Wildman–Crippen MR) is 128 cm³/mol. The highest BCUT2D eigenvalue weighted by Gasteiger charge is 2.35. The molecule has 1 aromatic heterocycles. The van der Waals surface area contributed by atoms with Crippen LogP contribution in [0.4, 0.5) is 5.69 Å². The van der Waals surface area contributed by atoms with Crippen molar-refractivity contribution < 1.29 is 19.5 Å². The Hall–Kier alpha value is -2.42. The Balaban J connectivity index is 1.41. The summed E-state index contributed by atoms with van der Waals surface area (Å²) in [6.07, 6.45) is 2.84. The van der Waals surface area contributed by atoms with Crippen molar-refractivity contribution in [3.8, 4) is 0 Å². The fourth-order valence-corrected chi connectivity index (χ4v) is 5.99. The third kappa shape index (κ3) is 5.31. The number of halogens is 1. The zero-order valence-corrected chi connectivity index (χ0v) is 19.4. The van der Waals surface area contributed by atoms with Gasteiger partial charge in [-0.2, -0.15) is 0 Å². The zero-order chi connectivity index (χ0) is 22.7. The molecule has 0 aliphatic heterocycles. The molecule has 2 aromatic carbocycles. The lowest BCUT2D eigenvalue weighted by Crippen LogP contribution is -2.36. The van der Waals surface area contributed by atoms with Gasteiger partial charge < -0.3 is 10.4 Å². The lowest BCUT2D eigenvalue weighted by Gasteiger charge is -2.27. The molecule has 166 valence electrons. The average Bonchev–Trinajstić information content (AvgIpc) is 3.20. The molecule has 6 nitrogen and oxygen atoms in total. The first kappa shape index (κ1) is 22.8. The number of fused-ring (bicyclic) bond motifs is 1. The Labute approximate surface area is 198 Å². The van der Waals surface area contributed by atoms with E-state index in [1.54, 1.807) is 30.3 Å². The van der Waals surface area contributed by atoms with Gasteiger partial charge in [0.05, 0.1) is 27.8 Å². The molecule has 0 unspecified atom stereocenters. The number of nitrogens with one attached hydrogen (secondary N) is 1. The SMILES string of the molecule is O=C(CSc1nc2ccc(NC(=O)[C@@H]3CCCC[C@@H]3C(=O)O)cc2s1)c1ccc(Cl)cc1. The molecule has 1 aliphatic carbocycles. The number of hydrogen-bond acceptors (Lipinski definition) is 6. The second kappa shape index (κ2) is 10.0. The molecule has 1 heterocycles. The number of carbonyl (C=O) groups is 3. The van der Waals surface area contributed by atoms with E-state index in [0.29, 0.717) is 29.1 Å². The number of ketones is 1.